The van der Waals surface area contributed by atoms with Crippen LogP contribution in [0.1, 0.15) is 13.8 Å². The van der Waals surface area contributed by atoms with Gasteiger partial charge in [-0.2, -0.15) is 0 Å². The van der Waals surface area contributed by atoms with Crippen LogP contribution in [0.3, 0.4) is 0 Å². The van der Waals surface area contributed by atoms with Crippen molar-refractivity contribution < 1.29 is 14.3 Å². The third kappa shape index (κ3) is 2.83. The van der Waals surface area contributed by atoms with Crippen molar-refractivity contribution in [2.75, 3.05) is 5.32 Å². The predicted octanol–water partition coefficient (Wildman–Crippen LogP) is 2.75. The first-order valence-corrected chi connectivity index (χ1v) is 4.67. The summed E-state index contributed by atoms with van der Waals surface area (Å²) >= 11 is 5.57. The first kappa shape index (κ1) is 11.8. The molecule has 0 atom stereocenters. The van der Waals surface area contributed by atoms with Crippen molar-refractivity contribution in [1.29, 1.82) is 0 Å². The van der Waals surface area contributed by atoms with Gasteiger partial charge in [-0.05, 0) is 32.0 Å². The number of carboxylic acids is 1. The fourth-order valence-electron chi connectivity index (χ4n) is 0.981. The summed E-state index contributed by atoms with van der Waals surface area (Å²) < 4.78 is 13.3. The van der Waals surface area contributed by atoms with Gasteiger partial charge in [-0.25, -0.2) is 9.18 Å². The van der Waals surface area contributed by atoms with E-state index in [1.807, 2.05) is 0 Å². The lowest BCUT2D eigenvalue weighted by Crippen LogP contribution is -2.40. The number of anilines is 1. The van der Waals surface area contributed by atoms with E-state index in [4.69, 9.17) is 16.7 Å². The Hall–Kier alpha value is -1.29. The SMILES string of the molecule is CC(C)(Nc1ccc(Cl)cc1F)C(=O)O. The molecule has 0 aromatic heterocycles. The summed E-state index contributed by atoms with van der Waals surface area (Å²) in [6.07, 6.45) is 0. The van der Waals surface area contributed by atoms with Crippen molar-refractivity contribution in [3.63, 3.8) is 0 Å². The summed E-state index contributed by atoms with van der Waals surface area (Å²) in [5.41, 5.74) is -1.11. The Morgan fingerprint density at radius 2 is 2.13 bits per heavy atom. The molecule has 3 nitrogen and oxygen atoms in total. The van der Waals surface area contributed by atoms with Gasteiger partial charge in [0, 0.05) is 5.02 Å². The van der Waals surface area contributed by atoms with Crippen LogP contribution in [0.5, 0.6) is 0 Å². The monoisotopic (exact) mass is 231 g/mol. The summed E-state index contributed by atoms with van der Waals surface area (Å²) in [6, 6.07) is 4.02. The molecule has 0 unspecified atom stereocenters. The topological polar surface area (TPSA) is 49.3 Å². The molecule has 1 aromatic rings. The molecule has 15 heavy (non-hydrogen) atoms. The van der Waals surface area contributed by atoms with Crippen molar-refractivity contribution in [2.45, 2.75) is 19.4 Å². The highest BCUT2D eigenvalue weighted by Gasteiger charge is 2.27. The summed E-state index contributed by atoms with van der Waals surface area (Å²) in [5.74, 6) is -1.63. The largest absolute Gasteiger partial charge is 0.480 e. The number of rotatable bonds is 3. The summed E-state index contributed by atoms with van der Waals surface area (Å²) in [4.78, 5) is 10.8. The van der Waals surface area contributed by atoms with E-state index < -0.39 is 17.3 Å². The molecule has 0 spiro atoms. The Morgan fingerprint density at radius 3 is 2.60 bits per heavy atom. The molecule has 0 saturated heterocycles. The quantitative estimate of drug-likeness (QED) is 0.841. The van der Waals surface area contributed by atoms with E-state index >= 15 is 0 Å². The number of carbonyl (C=O) groups is 1. The van der Waals surface area contributed by atoms with Gasteiger partial charge in [-0.15, -0.1) is 0 Å². The van der Waals surface area contributed by atoms with Gasteiger partial charge in [0.15, 0.2) is 0 Å². The lowest BCUT2D eigenvalue weighted by molar-refractivity contribution is -0.141. The second-order valence-corrected chi connectivity index (χ2v) is 4.12. The Bertz CT molecular complexity index is 393. The van der Waals surface area contributed by atoms with E-state index in [1.54, 1.807) is 0 Å². The molecule has 1 rings (SSSR count). The minimum Gasteiger partial charge on any atom is -0.480 e. The van der Waals surface area contributed by atoms with Crippen molar-refractivity contribution in [3.8, 4) is 0 Å². The fraction of sp³-hybridized carbons (Fsp3) is 0.300. The van der Waals surface area contributed by atoms with Crippen molar-refractivity contribution in [1.82, 2.24) is 0 Å². The summed E-state index contributed by atoms with van der Waals surface area (Å²) in [5, 5.41) is 11.7. The van der Waals surface area contributed by atoms with Crippen LogP contribution in [0.15, 0.2) is 18.2 Å². The number of halogens is 2. The normalized spacial score (nSPS) is 11.2. The fourth-order valence-corrected chi connectivity index (χ4v) is 1.14. The Labute approximate surface area is 91.9 Å². The minimum absolute atomic E-state index is 0.117. The predicted molar refractivity (Wildman–Crippen MR) is 56.7 cm³/mol. The first-order chi connectivity index (χ1) is 6.83. The van der Waals surface area contributed by atoms with Crippen LogP contribution >= 0.6 is 11.6 Å². The molecule has 0 heterocycles. The van der Waals surface area contributed by atoms with Crippen molar-refractivity contribution >= 4 is 23.3 Å². The molecule has 5 heteroatoms. The average molecular weight is 232 g/mol. The molecule has 1 aromatic carbocycles. The molecule has 2 N–H and O–H groups in total. The van der Waals surface area contributed by atoms with Crippen LogP contribution in [0.2, 0.25) is 5.02 Å². The zero-order valence-corrected chi connectivity index (χ0v) is 9.10. The van der Waals surface area contributed by atoms with Gasteiger partial charge in [0.2, 0.25) is 0 Å². The smallest absolute Gasteiger partial charge is 0.328 e. The highest BCUT2D eigenvalue weighted by Crippen LogP contribution is 2.22. The Kier molecular flexibility index (Phi) is 3.19. The van der Waals surface area contributed by atoms with E-state index in [-0.39, 0.29) is 10.7 Å². The lowest BCUT2D eigenvalue weighted by Gasteiger charge is -2.22. The molecule has 0 aliphatic carbocycles. The standard InChI is InChI=1S/C10H11ClFNO2/c1-10(2,9(14)15)13-8-4-3-6(11)5-7(8)12/h3-5,13H,1-2H3,(H,14,15). The Morgan fingerprint density at radius 1 is 1.53 bits per heavy atom. The van der Waals surface area contributed by atoms with Gasteiger partial charge in [-0.1, -0.05) is 11.6 Å². The average Bonchev–Trinajstić information content (AvgIpc) is 2.09. The van der Waals surface area contributed by atoms with Crippen molar-refractivity contribution in [2.24, 2.45) is 0 Å². The highest BCUT2D eigenvalue weighted by atomic mass is 35.5. The highest BCUT2D eigenvalue weighted by molar-refractivity contribution is 6.30. The molecule has 0 aliphatic rings. The number of nitrogens with one attached hydrogen (secondary N) is 1. The van der Waals surface area contributed by atoms with Crippen molar-refractivity contribution in [3.05, 3.63) is 29.0 Å². The van der Waals surface area contributed by atoms with Gasteiger partial charge in [0.05, 0.1) is 5.69 Å². The third-order valence-electron chi connectivity index (χ3n) is 1.91. The number of hydrogen-bond donors (Lipinski definition) is 2. The van der Waals surface area contributed by atoms with Crippen LogP contribution < -0.4 is 5.32 Å². The lowest BCUT2D eigenvalue weighted by atomic mass is 10.1. The number of benzene rings is 1. The Balaban J connectivity index is 2.95. The number of aliphatic carboxylic acids is 1. The molecule has 0 amide bonds. The van der Waals surface area contributed by atoms with Crippen LogP contribution in [0, 0.1) is 5.82 Å². The minimum atomic E-state index is -1.23. The summed E-state index contributed by atoms with van der Waals surface area (Å²) in [7, 11) is 0. The van der Waals surface area contributed by atoms with Gasteiger partial charge in [0.25, 0.3) is 0 Å². The number of hydrogen-bond acceptors (Lipinski definition) is 2. The van der Waals surface area contributed by atoms with Gasteiger partial charge in [0.1, 0.15) is 11.4 Å². The van der Waals surface area contributed by atoms with Gasteiger partial charge < -0.3 is 10.4 Å². The second-order valence-electron chi connectivity index (χ2n) is 3.68. The maximum atomic E-state index is 13.3. The van der Waals surface area contributed by atoms with Crippen LogP contribution in [0.25, 0.3) is 0 Å². The van der Waals surface area contributed by atoms with E-state index in [0.29, 0.717) is 0 Å². The van der Waals surface area contributed by atoms with E-state index in [2.05, 4.69) is 5.32 Å². The zero-order chi connectivity index (χ0) is 11.6. The van der Waals surface area contributed by atoms with Gasteiger partial charge >= 0.3 is 5.97 Å². The molecule has 0 bridgehead atoms. The number of carboxylic acid groups (broad SMARTS) is 1. The van der Waals surface area contributed by atoms with E-state index in [0.717, 1.165) is 6.07 Å². The molecule has 0 aliphatic heterocycles. The third-order valence-corrected chi connectivity index (χ3v) is 2.15. The zero-order valence-electron chi connectivity index (χ0n) is 8.34. The molecule has 0 fully saturated rings. The second kappa shape index (κ2) is 4.06. The molecule has 0 saturated carbocycles. The summed E-state index contributed by atoms with van der Waals surface area (Å²) in [6.45, 7) is 2.90. The van der Waals surface area contributed by atoms with E-state index in [1.165, 1.54) is 26.0 Å². The van der Waals surface area contributed by atoms with Gasteiger partial charge in [-0.3, -0.25) is 0 Å². The first-order valence-electron chi connectivity index (χ1n) is 4.29. The molecular formula is C10H11ClFNO2. The van der Waals surface area contributed by atoms with Crippen LogP contribution in [0.4, 0.5) is 10.1 Å². The maximum absolute atomic E-state index is 13.3. The molecular weight excluding hydrogens is 221 g/mol. The molecule has 82 valence electrons. The maximum Gasteiger partial charge on any atom is 0.328 e. The molecule has 0 radical (unpaired) electrons. The van der Waals surface area contributed by atoms with Crippen LogP contribution in [-0.2, 0) is 4.79 Å². The van der Waals surface area contributed by atoms with E-state index in [9.17, 15) is 9.18 Å². The van der Waals surface area contributed by atoms with Crippen LogP contribution in [-0.4, -0.2) is 16.6 Å².